The largest absolute Gasteiger partial charge is 0.309 e. The molecular weight excluding hydrogens is 579 g/mol. The normalized spacial score (nSPS) is 15.6. The summed E-state index contributed by atoms with van der Waals surface area (Å²) in [7, 11) is 0. The van der Waals surface area contributed by atoms with E-state index in [0.29, 0.717) is 0 Å². The average Bonchev–Trinajstić information content (AvgIpc) is 3.76. The average molecular weight is 608 g/mol. The summed E-state index contributed by atoms with van der Waals surface area (Å²) in [6.45, 7) is 0. The summed E-state index contributed by atoms with van der Waals surface area (Å²) in [5.41, 5.74) is 19.4. The summed E-state index contributed by atoms with van der Waals surface area (Å²) in [6, 6.07) is 65.2. The van der Waals surface area contributed by atoms with Gasteiger partial charge in [0.2, 0.25) is 0 Å². The Morgan fingerprint density at radius 1 is 0.354 bits per heavy atom. The van der Waals surface area contributed by atoms with Gasteiger partial charge in [0.1, 0.15) is 0 Å². The minimum atomic E-state index is -0.319. The number of nitrogens with zero attached hydrogens (tertiary/aromatic N) is 1. The highest BCUT2D eigenvalue weighted by Gasteiger charge is 2.57. The van der Waals surface area contributed by atoms with Gasteiger partial charge in [0, 0.05) is 16.8 Å². The molecule has 1 nitrogen and oxygen atoms in total. The zero-order chi connectivity index (χ0) is 31.4. The highest BCUT2D eigenvalue weighted by molar-refractivity contribution is 6.09. The molecule has 1 atom stereocenters. The number of hydrogen-bond acceptors (Lipinski definition) is 1. The fourth-order valence-electron chi connectivity index (χ4n) is 9.22. The van der Waals surface area contributed by atoms with Crippen LogP contribution in [0.4, 0.5) is 17.1 Å². The van der Waals surface area contributed by atoms with Crippen LogP contribution in [0.15, 0.2) is 176 Å². The van der Waals surface area contributed by atoms with Crippen LogP contribution in [0.1, 0.15) is 22.3 Å². The van der Waals surface area contributed by atoms with Crippen LogP contribution in [0.2, 0.25) is 0 Å². The molecule has 3 aliphatic carbocycles. The maximum atomic E-state index is 2.49. The number of anilines is 3. The maximum Gasteiger partial charge on any atom is 0.0738 e. The fraction of sp³-hybridized carbons (Fsp3) is 0.0213. The molecule has 0 aliphatic heterocycles. The van der Waals surface area contributed by atoms with E-state index in [1.165, 1.54) is 83.2 Å². The molecule has 48 heavy (non-hydrogen) atoms. The van der Waals surface area contributed by atoms with Gasteiger partial charge in [-0.1, -0.05) is 146 Å². The molecule has 8 aromatic carbocycles. The maximum absolute atomic E-state index is 2.49. The van der Waals surface area contributed by atoms with Crippen molar-refractivity contribution >= 4 is 27.8 Å². The van der Waals surface area contributed by atoms with Crippen LogP contribution < -0.4 is 4.90 Å². The lowest BCUT2D eigenvalue weighted by Gasteiger charge is -2.31. The van der Waals surface area contributed by atoms with Gasteiger partial charge in [-0.25, -0.2) is 0 Å². The third kappa shape index (κ3) is 3.16. The van der Waals surface area contributed by atoms with Gasteiger partial charge >= 0.3 is 0 Å². The minimum absolute atomic E-state index is 0.319. The Balaban J connectivity index is 1.22. The summed E-state index contributed by atoms with van der Waals surface area (Å²) in [5, 5.41) is 2.50. The Morgan fingerprint density at radius 3 is 1.75 bits per heavy atom. The third-order valence-electron chi connectivity index (χ3n) is 11.0. The number of para-hydroxylation sites is 2. The first kappa shape index (κ1) is 25.9. The molecule has 1 unspecified atom stereocenters. The molecule has 0 saturated carbocycles. The molecule has 1 heteroatoms. The van der Waals surface area contributed by atoms with Gasteiger partial charge in [0.15, 0.2) is 0 Å². The van der Waals surface area contributed by atoms with Gasteiger partial charge in [-0.15, -0.1) is 0 Å². The molecular formula is C47H29N. The molecule has 1 spiro atoms. The zero-order valence-corrected chi connectivity index (χ0v) is 26.2. The second kappa shape index (κ2) is 9.44. The lowest BCUT2D eigenvalue weighted by atomic mass is 9.73. The molecule has 11 rings (SSSR count). The van der Waals surface area contributed by atoms with Crippen LogP contribution >= 0.6 is 0 Å². The van der Waals surface area contributed by atoms with Crippen molar-refractivity contribution in [1.29, 1.82) is 0 Å². The zero-order valence-electron chi connectivity index (χ0n) is 26.2. The van der Waals surface area contributed by atoms with Crippen LogP contribution in [-0.2, 0) is 5.41 Å². The van der Waals surface area contributed by atoms with Crippen molar-refractivity contribution in [3.05, 3.63) is 198 Å². The van der Waals surface area contributed by atoms with E-state index >= 15 is 0 Å². The van der Waals surface area contributed by atoms with Gasteiger partial charge in [-0.3, -0.25) is 0 Å². The minimum Gasteiger partial charge on any atom is -0.309 e. The third-order valence-corrected chi connectivity index (χ3v) is 11.0. The molecule has 0 saturated heterocycles. The van der Waals surface area contributed by atoms with E-state index in [9.17, 15) is 0 Å². The van der Waals surface area contributed by atoms with E-state index in [0.717, 1.165) is 11.4 Å². The molecule has 3 aliphatic rings. The topological polar surface area (TPSA) is 3.24 Å². The summed E-state index contributed by atoms with van der Waals surface area (Å²) in [4.78, 5) is 2.49. The SMILES string of the molecule is c1ccc(N(c2ccccc2-c2ccc3ccccc3c2)c2cccc3c2-c2cccc4c2C32c3ccccc3-c3cccc-4c32)cc1. The smallest absolute Gasteiger partial charge is 0.0738 e. The summed E-state index contributed by atoms with van der Waals surface area (Å²) >= 11 is 0. The Bertz CT molecular complexity index is 2620. The number of benzene rings is 8. The molecule has 222 valence electrons. The monoisotopic (exact) mass is 607 g/mol. The van der Waals surface area contributed by atoms with E-state index in [2.05, 4.69) is 181 Å². The van der Waals surface area contributed by atoms with Gasteiger partial charge in [-0.05, 0) is 96.7 Å². The molecule has 8 aromatic rings. The summed E-state index contributed by atoms with van der Waals surface area (Å²) < 4.78 is 0. The van der Waals surface area contributed by atoms with E-state index in [-0.39, 0.29) is 5.41 Å². The molecule has 0 radical (unpaired) electrons. The van der Waals surface area contributed by atoms with Crippen LogP contribution in [-0.4, -0.2) is 0 Å². The first-order chi connectivity index (χ1) is 23.8. The molecule has 0 bridgehead atoms. The molecule has 0 heterocycles. The standard InChI is InChI=1S/C47H29N/c1-2-15-33(16-3-1)48(42-25-9-7-17-34(42)32-28-27-30-13-4-5-14-31(30)29-32)43-26-12-24-41-44(43)39-22-11-21-38-37-20-10-19-36-35-18-6-8-23-40(35)47(41,45(36)37)46(38)39/h1-29H. The molecule has 0 fully saturated rings. The fourth-order valence-corrected chi connectivity index (χ4v) is 9.22. The van der Waals surface area contributed by atoms with Crippen molar-refractivity contribution in [2.75, 3.05) is 4.90 Å². The first-order valence-electron chi connectivity index (χ1n) is 16.8. The lowest BCUT2D eigenvalue weighted by Crippen LogP contribution is -2.23. The second-order valence-corrected chi connectivity index (χ2v) is 13.2. The Morgan fingerprint density at radius 2 is 0.917 bits per heavy atom. The van der Waals surface area contributed by atoms with Crippen molar-refractivity contribution in [1.82, 2.24) is 0 Å². The Hall–Kier alpha value is -6.18. The molecule has 0 amide bonds. The van der Waals surface area contributed by atoms with Gasteiger partial charge in [0.05, 0.1) is 16.8 Å². The van der Waals surface area contributed by atoms with Crippen LogP contribution in [0.3, 0.4) is 0 Å². The Kier molecular flexibility index (Phi) is 5.10. The van der Waals surface area contributed by atoms with Crippen LogP contribution in [0.5, 0.6) is 0 Å². The van der Waals surface area contributed by atoms with E-state index in [1.54, 1.807) is 0 Å². The van der Waals surface area contributed by atoms with Gasteiger partial charge in [0.25, 0.3) is 0 Å². The van der Waals surface area contributed by atoms with Crippen LogP contribution in [0, 0.1) is 0 Å². The van der Waals surface area contributed by atoms with E-state index in [4.69, 9.17) is 0 Å². The van der Waals surface area contributed by atoms with Crippen molar-refractivity contribution in [3.8, 4) is 44.5 Å². The molecule has 0 aromatic heterocycles. The van der Waals surface area contributed by atoms with E-state index in [1.807, 2.05) is 0 Å². The van der Waals surface area contributed by atoms with Crippen LogP contribution in [0.25, 0.3) is 55.3 Å². The summed E-state index contributed by atoms with van der Waals surface area (Å²) in [5.74, 6) is 0. The lowest BCUT2D eigenvalue weighted by molar-refractivity contribution is 0.818. The predicted molar refractivity (Wildman–Crippen MR) is 199 cm³/mol. The van der Waals surface area contributed by atoms with Gasteiger partial charge in [-0.2, -0.15) is 0 Å². The van der Waals surface area contributed by atoms with E-state index < -0.39 is 0 Å². The summed E-state index contributed by atoms with van der Waals surface area (Å²) in [6.07, 6.45) is 0. The van der Waals surface area contributed by atoms with Crippen molar-refractivity contribution < 1.29 is 0 Å². The molecule has 0 N–H and O–H groups in total. The van der Waals surface area contributed by atoms with Crippen molar-refractivity contribution in [2.45, 2.75) is 5.41 Å². The quantitative estimate of drug-likeness (QED) is 0.192. The first-order valence-corrected chi connectivity index (χ1v) is 16.8. The number of fused-ring (bicyclic) bond motifs is 6. The predicted octanol–water partition coefficient (Wildman–Crippen LogP) is 12.3. The highest BCUT2D eigenvalue weighted by atomic mass is 15.1. The highest BCUT2D eigenvalue weighted by Crippen LogP contribution is 2.71. The van der Waals surface area contributed by atoms with Crippen molar-refractivity contribution in [3.63, 3.8) is 0 Å². The van der Waals surface area contributed by atoms with Gasteiger partial charge < -0.3 is 4.90 Å². The number of hydrogen-bond donors (Lipinski definition) is 0. The number of rotatable bonds is 4. The Labute approximate surface area is 280 Å². The second-order valence-electron chi connectivity index (χ2n) is 13.2. The van der Waals surface area contributed by atoms with Crippen molar-refractivity contribution in [2.24, 2.45) is 0 Å².